The smallest absolute Gasteiger partial charge is 0.306 e. The van der Waals surface area contributed by atoms with Crippen LogP contribution in [0.5, 0.6) is 0 Å². The van der Waals surface area contributed by atoms with Crippen molar-refractivity contribution in [2.45, 2.75) is 232 Å². The van der Waals surface area contributed by atoms with Crippen molar-refractivity contribution >= 4 is 23.9 Å². The zero-order valence-corrected chi connectivity index (χ0v) is 35.3. The summed E-state index contributed by atoms with van der Waals surface area (Å²) in [6.45, 7) is 6.84. The van der Waals surface area contributed by atoms with Gasteiger partial charge < -0.3 is 24.1 Å². The molecular formula is C45H84O9. The minimum Gasteiger partial charge on any atom is -0.466 e. The van der Waals surface area contributed by atoms with Crippen LogP contribution < -0.4 is 0 Å². The van der Waals surface area contributed by atoms with Gasteiger partial charge in [0.1, 0.15) is 6.10 Å². The Morgan fingerprint density at radius 1 is 0.407 bits per heavy atom. The van der Waals surface area contributed by atoms with Crippen molar-refractivity contribution < 1.29 is 43.2 Å². The van der Waals surface area contributed by atoms with Crippen molar-refractivity contribution in [3.05, 3.63) is 0 Å². The summed E-state index contributed by atoms with van der Waals surface area (Å²) < 4.78 is 21.8. The van der Waals surface area contributed by atoms with Gasteiger partial charge in [-0.2, -0.15) is 0 Å². The van der Waals surface area contributed by atoms with Gasteiger partial charge in [-0.05, 0) is 51.4 Å². The Bertz CT molecular complexity index is 861. The van der Waals surface area contributed by atoms with Crippen molar-refractivity contribution in [3.8, 4) is 0 Å². The third-order valence-electron chi connectivity index (χ3n) is 10.1. The molecule has 0 amide bonds. The molecule has 9 heteroatoms. The maximum atomic E-state index is 12.6. The molecule has 54 heavy (non-hydrogen) atoms. The largest absolute Gasteiger partial charge is 0.466 e. The van der Waals surface area contributed by atoms with Gasteiger partial charge in [0.2, 0.25) is 0 Å². The molecule has 1 unspecified atom stereocenters. The zero-order valence-electron chi connectivity index (χ0n) is 35.3. The summed E-state index contributed by atoms with van der Waals surface area (Å²) in [4.78, 5) is 49.1. The van der Waals surface area contributed by atoms with E-state index in [9.17, 15) is 24.3 Å². The number of aliphatic hydroxyl groups is 1. The highest BCUT2D eigenvalue weighted by Crippen LogP contribution is 2.18. The number of rotatable bonds is 41. The highest BCUT2D eigenvalue weighted by atomic mass is 16.6. The van der Waals surface area contributed by atoms with Crippen molar-refractivity contribution in [1.82, 2.24) is 0 Å². The van der Waals surface area contributed by atoms with Gasteiger partial charge >= 0.3 is 23.9 Å². The lowest BCUT2D eigenvalue weighted by Gasteiger charge is -2.18. The molecule has 9 nitrogen and oxygen atoms in total. The second kappa shape index (κ2) is 40.5. The lowest BCUT2D eigenvalue weighted by Crippen LogP contribution is -2.24. The number of ether oxygens (including phenoxy) is 4. The van der Waals surface area contributed by atoms with Crippen molar-refractivity contribution in [2.24, 2.45) is 5.92 Å². The van der Waals surface area contributed by atoms with Crippen LogP contribution in [0.15, 0.2) is 0 Å². The van der Waals surface area contributed by atoms with E-state index in [0.29, 0.717) is 25.9 Å². The van der Waals surface area contributed by atoms with E-state index in [0.717, 1.165) is 64.2 Å². The fourth-order valence-corrected chi connectivity index (χ4v) is 6.47. The fourth-order valence-electron chi connectivity index (χ4n) is 6.47. The molecule has 0 rings (SSSR count). The molecule has 318 valence electrons. The van der Waals surface area contributed by atoms with Crippen LogP contribution in [0, 0.1) is 5.92 Å². The molecule has 0 aromatic rings. The van der Waals surface area contributed by atoms with Gasteiger partial charge in [-0.1, -0.05) is 149 Å². The van der Waals surface area contributed by atoms with Crippen molar-refractivity contribution in [1.29, 1.82) is 0 Å². The van der Waals surface area contributed by atoms with E-state index in [1.54, 1.807) is 0 Å². The third kappa shape index (κ3) is 36.8. The van der Waals surface area contributed by atoms with Crippen LogP contribution >= 0.6 is 0 Å². The van der Waals surface area contributed by atoms with Crippen LogP contribution in [0.3, 0.4) is 0 Å². The van der Waals surface area contributed by atoms with Crippen LogP contribution in [0.1, 0.15) is 226 Å². The van der Waals surface area contributed by atoms with Gasteiger partial charge in [0.05, 0.1) is 32.3 Å². The number of hydrogen-bond donors (Lipinski definition) is 1. The average molecular weight is 769 g/mol. The van der Waals surface area contributed by atoms with Crippen LogP contribution in [0.25, 0.3) is 0 Å². The number of carbonyl (C=O) groups excluding carboxylic acids is 4. The first kappa shape index (κ1) is 51.8. The Kier molecular flexibility index (Phi) is 38.9. The normalized spacial score (nSPS) is 11.8. The predicted octanol–water partition coefficient (Wildman–Crippen LogP) is 11.7. The Labute approximate surface area is 331 Å². The Hall–Kier alpha value is -2.16. The minimum absolute atomic E-state index is 0.0192. The summed E-state index contributed by atoms with van der Waals surface area (Å²) in [6, 6.07) is 0. The summed E-state index contributed by atoms with van der Waals surface area (Å²) >= 11 is 0. The minimum atomic E-state index is -0.497. The molecule has 0 heterocycles. The predicted molar refractivity (Wildman–Crippen MR) is 218 cm³/mol. The van der Waals surface area contributed by atoms with E-state index in [4.69, 9.17) is 18.9 Å². The van der Waals surface area contributed by atoms with E-state index < -0.39 is 11.9 Å². The molecule has 0 fully saturated rings. The molecule has 0 radical (unpaired) electrons. The lowest BCUT2D eigenvalue weighted by molar-refractivity contribution is -0.151. The van der Waals surface area contributed by atoms with Crippen LogP contribution in [-0.2, 0) is 38.1 Å². The highest BCUT2D eigenvalue weighted by Gasteiger charge is 2.17. The zero-order chi connectivity index (χ0) is 39.7. The number of hydrogen-bond acceptors (Lipinski definition) is 9. The molecule has 1 atom stereocenters. The van der Waals surface area contributed by atoms with Crippen LogP contribution in [-0.4, -0.2) is 61.5 Å². The van der Waals surface area contributed by atoms with Crippen LogP contribution in [0.4, 0.5) is 0 Å². The molecule has 1 N–H and O–H groups in total. The first-order chi connectivity index (χ1) is 26.4. The van der Waals surface area contributed by atoms with E-state index in [-0.39, 0.29) is 63.1 Å². The van der Waals surface area contributed by atoms with Gasteiger partial charge in [-0.3, -0.25) is 19.2 Å². The summed E-state index contributed by atoms with van der Waals surface area (Å²) in [7, 11) is 0. The number of carbonyl (C=O) groups is 4. The summed E-state index contributed by atoms with van der Waals surface area (Å²) in [5, 5.41) is 9.69. The molecule has 0 aromatic heterocycles. The number of unbranched alkanes of at least 4 members (excludes halogenated alkanes) is 21. The standard InChI is InChI=1S/C45H84O9/c1-4-7-10-13-16-17-23-28-36-51-42(47)32-26-21-18-22-27-33-43(48)52-38-40(37-46)39-53-44(49)34-29-35-45(50)54-41(30-24-19-14-11-8-5-2)31-25-20-15-12-9-6-3/h40-41,46H,4-39H2,1-3H3. The quantitative estimate of drug-likeness (QED) is 0.0367. The van der Waals surface area contributed by atoms with Crippen LogP contribution in [0.2, 0.25) is 0 Å². The first-order valence-electron chi connectivity index (χ1n) is 22.6. The average Bonchev–Trinajstić information content (AvgIpc) is 3.16. The van der Waals surface area contributed by atoms with Gasteiger partial charge in [-0.15, -0.1) is 0 Å². The maximum absolute atomic E-state index is 12.6. The van der Waals surface area contributed by atoms with Gasteiger partial charge in [0.25, 0.3) is 0 Å². The monoisotopic (exact) mass is 769 g/mol. The lowest BCUT2D eigenvalue weighted by atomic mass is 10.0. The Morgan fingerprint density at radius 2 is 0.759 bits per heavy atom. The fraction of sp³-hybridized carbons (Fsp3) is 0.911. The highest BCUT2D eigenvalue weighted by molar-refractivity contribution is 5.72. The Morgan fingerprint density at radius 3 is 1.20 bits per heavy atom. The molecule has 0 saturated carbocycles. The first-order valence-corrected chi connectivity index (χ1v) is 22.6. The van der Waals surface area contributed by atoms with Crippen molar-refractivity contribution in [2.75, 3.05) is 26.4 Å². The molecule has 0 aliphatic rings. The number of esters is 4. The summed E-state index contributed by atoms with van der Waals surface area (Å²) in [5.41, 5.74) is 0. The topological polar surface area (TPSA) is 125 Å². The van der Waals surface area contributed by atoms with Gasteiger partial charge in [0.15, 0.2) is 0 Å². The summed E-state index contributed by atoms with van der Waals surface area (Å²) in [6.07, 6.45) is 31.6. The Balaban J connectivity index is 4.02. The third-order valence-corrected chi connectivity index (χ3v) is 10.1. The molecule has 0 spiro atoms. The summed E-state index contributed by atoms with van der Waals surface area (Å²) in [5.74, 6) is -1.65. The van der Waals surface area contributed by atoms with Crippen molar-refractivity contribution in [3.63, 3.8) is 0 Å². The van der Waals surface area contributed by atoms with E-state index >= 15 is 0 Å². The van der Waals surface area contributed by atoms with Gasteiger partial charge in [-0.25, -0.2) is 0 Å². The van der Waals surface area contributed by atoms with E-state index in [2.05, 4.69) is 20.8 Å². The van der Waals surface area contributed by atoms with E-state index in [1.165, 1.54) is 103 Å². The molecule has 0 bridgehead atoms. The second-order valence-electron chi connectivity index (χ2n) is 15.5. The molecule has 0 aliphatic carbocycles. The van der Waals surface area contributed by atoms with Gasteiger partial charge in [0, 0.05) is 25.7 Å². The maximum Gasteiger partial charge on any atom is 0.306 e. The van der Waals surface area contributed by atoms with E-state index in [1.807, 2.05) is 0 Å². The molecule has 0 saturated heterocycles. The molecular weight excluding hydrogens is 684 g/mol. The molecule has 0 aliphatic heterocycles. The SMILES string of the molecule is CCCCCCCCCCOC(=O)CCCCCCCC(=O)OCC(CO)COC(=O)CCCC(=O)OC(CCCCCCCC)CCCCCCCC. The molecule has 0 aromatic carbocycles. The second-order valence-corrected chi connectivity index (χ2v) is 15.5. The number of aliphatic hydroxyl groups excluding tert-OH is 1.